The Labute approximate surface area is 128 Å². The first-order valence-electron chi connectivity index (χ1n) is 6.17. The number of benzene rings is 1. The van der Waals surface area contributed by atoms with Gasteiger partial charge >= 0.3 is 6.03 Å². The molecule has 9 heteroatoms. The van der Waals surface area contributed by atoms with Crippen molar-refractivity contribution < 1.29 is 19.2 Å². The SMILES string of the molecule is O=C(NCC(O)c1cccs1)Nc1ccc([N+](=O)[O-])cc1F. The molecule has 3 N–H and O–H groups in total. The van der Waals surface area contributed by atoms with Gasteiger partial charge in [0.2, 0.25) is 0 Å². The van der Waals surface area contributed by atoms with Gasteiger partial charge in [-0.05, 0) is 17.5 Å². The lowest BCUT2D eigenvalue weighted by Gasteiger charge is -2.11. The zero-order valence-corrected chi connectivity index (χ0v) is 12.0. The molecule has 0 saturated carbocycles. The van der Waals surface area contributed by atoms with Crippen molar-refractivity contribution in [3.05, 3.63) is 56.5 Å². The molecule has 0 radical (unpaired) electrons. The number of nitrogens with one attached hydrogen (secondary N) is 2. The Morgan fingerprint density at radius 1 is 1.45 bits per heavy atom. The highest BCUT2D eigenvalue weighted by Gasteiger charge is 2.14. The molecule has 116 valence electrons. The van der Waals surface area contributed by atoms with Crippen LogP contribution in [0.1, 0.15) is 11.0 Å². The number of hydrogen-bond donors (Lipinski definition) is 3. The second-order valence-corrected chi connectivity index (χ2v) is 5.27. The third kappa shape index (κ3) is 3.99. The van der Waals surface area contributed by atoms with Crippen molar-refractivity contribution in [1.29, 1.82) is 0 Å². The molecule has 0 bridgehead atoms. The minimum absolute atomic E-state index is 0.0407. The number of rotatable bonds is 5. The summed E-state index contributed by atoms with van der Waals surface area (Å²) < 4.78 is 13.6. The molecule has 0 aliphatic carbocycles. The van der Waals surface area contributed by atoms with Gasteiger partial charge in [-0.3, -0.25) is 10.1 Å². The molecule has 0 spiro atoms. The molecule has 7 nitrogen and oxygen atoms in total. The van der Waals surface area contributed by atoms with Crippen LogP contribution in [0.25, 0.3) is 0 Å². The van der Waals surface area contributed by atoms with Crippen LogP contribution in [0.3, 0.4) is 0 Å². The summed E-state index contributed by atoms with van der Waals surface area (Å²) in [5, 5.41) is 26.7. The zero-order valence-electron chi connectivity index (χ0n) is 11.2. The predicted molar refractivity (Wildman–Crippen MR) is 79.4 cm³/mol. The molecule has 0 aliphatic rings. The van der Waals surface area contributed by atoms with E-state index < -0.39 is 28.6 Å². The van der Waals surface area contributed by atoms with Gasteiger partial charge in [0.15, 0.2) is 5.82 Å². The molecule has 2 aromatic rings. The third-order valence-corrected chi connectivity index (χ3v) is 3.71. The molecule has 1 aromatic carbocycles. The normalized spacial score (nSPS) is 11.7. The smallest absolute Gasteiger partial charge is 0.319 e. The van der Waals surface area contributed by atoms with E-state index in [1.54, 1.807) is 17.5 Å². The Hall–Kier alpha value is -2.52. The summed E-state index contributed by atoms with van der Waals surface area (Å²) >= 11 is 1.35. The van der Waals surface area contributed by atoms with Gasteiger partial charge in [-0.1, -0.05) is 6.07 Å². The second-order valence-electron chi connectivity index (χ2n) is 4.29. The maximum Gasteiger partial charge on any atom is 0.319 e. The number of amides is 2. The van der Waals surface area contributed by atoms with E-state index in [2.05, 4.69) is 10.6 Å². The van der Waals surface area contributed by atoms with Crippen LogP contribution in [0.5, 0.6) is 0 Å². The largest absolute Gasteiger partial charge is 0.386 e. The van der Waals surface area contributed by atoms with E-state index in [-0.39, 0.29) is 12.2 Å². The Balaban J connectivity index is 1.91. The van der Waals surface area contributed by atoms with E-state index >= 15 is 0 Å². The zero-order chi connectivity index (χ0) is 16.1. The summed E-state index contributed by atoms with van der Waals surface area (Å²) in [5.74, 6) is -0.914. The Bertz CT molecular complexity index is 678. The minimum atomic E-state index is -0.914. The second kappa shape index (κ2) is 6.96. The highest BCUT2D eigenvalue weighted by Crippen LogP contribution is 2.20. The average molecular weight is 325 g/mol. The van der Waals surface area contributed by atoms with Gasteiger partial charge in [-0.15, -0.1) is 11.3 Å². The number of halogens is 1. The van der Waals surface area contributed by atoms with Crippen molar-refractivity contribution >= 4 is 28.7 Å². The van der Waals surface area contributed by atoms with Crippen LogP contribution in [-0.4, -0.2) is 22.6 Å². The number of anilines is 1. The van der Waals surface area contributed by atoms with Gasteiger partial charge in [0, 0.05) is 10.9 Å². The number of hydrogen-bond acceptors (Lipinski definition) is 5. The van der Waals surface area contributed by atoms with Crippen molar-refractivity contribution in [3.63, 3.8) is 0 Å². The number of nitro groups is 1. The number of nitro benzene ring substituents is 1. The third-order valence-electron chi connectivity index (χ3n) is 2.74. The van der Waals surface area contributed by atoms with Crippen LogP contribution in [0.4, 0.5) is 20.6 Å². The minimum Gasteiger partial charge on any atom is -0.386 e. The molecule has 1 unspecified atom stereocenters. The van der Waals surface area contributed by atoms with Crippen LogP contribution in [-0.2, 0) is 0 Å². The van der Waals surface area contributed by atoms with Crippen molar-refractivity contribution in [3.8, 4) is 0 Å². The quantitative estimate of drug-likeness (QED) is 0.580. The number of urea groups is 1. The molecule has 1 heterocycles. The maximum atomic E-state index is 13.6. The lowest BCUT2D eigenvalue weighted by Crippen LogP contribution is -2.32. The number of aliphatic hydroxyl groups is 1. The molecule has 0 fully saturated rings. The average Bonchev–Trinajstić information content (AvgIpc) is 3.01. The molecule has 2 rings (SSSR count). The Kier molecular flexibility index (Phi) is 5.02. The van der Waals surface area contributed by atoms with E-state index in [1.165, 1.54) is 11.3 Å². The molecule has 1 atom stereocenters. The highest BCUT2D eigenvalue weighted by atomic mass is 32.1. The standard InChI is InChI=1S/C13H12FN3O4S/c14-9-6-8(17(20)21)3-4-10(9)16-13(19)15-7-11(18)12-2-1-5-22-12/h1-6,11,18H,7H2,(H2,15,16,19). The summed E-state index contributed by atoms with van der Waals surface area (Å²) in [5.41, 5.74) is -0.592. The molecular formula is C13H12FN3O4S. The van der Waals surface area contributed by atoms with Crippen LogP contribution < -0.4 is 10.6 Å². The first kappa shape index (κ1) is 15.9. The van der Waals surface area contributed by atoms with Crippen LogP contribution in [0.15, 0.2) is 35.7 Å². The molecule has 0 aliphatic heterocycles. The number of non-ortho nitro benzene ring substituents is 1. The number of thiophene rings is 1. The topological polar surface area (TPSA) is 104 Å². The molecule has 0 saturated heterocycles. The van der Waals surface area contributed by atoms with Gasteiger partial charge in [0.25, 0.3) is 5.69 Å². The lowest BCUT2D eigenvalue weighted by atomic mass is 10.2. The first-order valence-corrected chi connectivity index (χ1v) is 7.05. The van der Waals surface area contributed by atoms with E-state index in [1.807, 2.05) is 0 Å². The monoisotopic (exact) mass is 325 g/mol. The molecule has 1 aromatic heterocycles. The Morgan fingerprint density at radius 3 is 2.82 bits per heavy atom. The molecule has 22 heavy (non-hydrogen) atoms. The summed E-state index contributed by atoms with van der Waals surface area (Å²) in [6, 6.07) is 5.68. The fraction of sp³-hybridized carbons (Fsp3) is 0.154. The van der Waals surface area contributed by atoms with Gasteiger partial charge < -0.3 is 15.7 Å². The van der Waals surface area contributed by atoms with Crippen molar-refractivity contribution in [2.45, 2.75) is 6.10 Å². The summed E-state index contributed by atoms with van der Waals surface area (Å²) in [4.78, 5) is 22.1. The van der Waals surface area contributed by atoms with E-state index in [4.69, 9.17) is 0 Å². The fourth-order valence-electron chi connectivity index (χ4n) is 1.66. The highest BCUT2D eigenvalue weighted by molar-refractivity contribution is 7.10. The van der Waals surface area contributed by atoms with Gasteiger partial charge in [-0.2, -0.15) is 0 Å². The van der Waals surface area contributed by atoms with Gasteiger partial charge in [0.1, 0.15) is 6.10 Å². The van der Waals surface area contributed by atoms with Gasteiger partial charge in [-0.25, -0.2) is 9.18 Å². The van der Waals surface area contributed by atoms with Gasteiger partial charge in [0.05, 0.1) is 23.2 Å². The van der Waals surface area contributed by atoms with E-state index in [9.17, 15) is 24.4 Å². The lowest BCUT2D eigenvalue weighted by molar-refractivity contribution is -0.385. The summed E-state index contributed by atoms with van der Waals surface area (Å²) in [7, 11) is 0. The number of nitrogens with zero attached hydrogens (tertiary/aromatic N) is 1. The number of carbonyl (C=O) groups excluding carboxylic acids is 1. The first-order chi connectivity index (χ1) is 10.5. The van der Waals surface area contributed by atoms with E-state index in [0.29, 0.717) is 4.88 Å². The van der Waals surface area contributed by atoms with Crippen LogP contribution in [0.2, 0.25) is 0 Å². The fourth-order valence-corrected chi connectivity index (χ4v) is 2.37. The number of aliphatic hydroxyl groups excluding tert-OH is 1. The van der Waals surface area contributed by atoms with Crippen molar-refractivity contribution in [2.24, 2.45) is 0 Å². The molecular weight excluding hydrogens is 313 g/mol. The van der Waals surface area contributed by atoms with Crippen molar-refractivity contribution in [2.75, 3.05) is 11.9 Å². The summed E-state index contributed by atoms with van der Waals surface area (Å²) in [6.45, 7) is -0.0407. The van der Waals surface area contributed by atoms with Crippen LogP contribution >= 0.6 is 11.3 Å². The van der Waals surface area contributed by atoms with Crippen LogP contribution in [0, 0.1) is 15.9 Å². The van der Waals surface area contributed by atoms with Crippen molar-refractivity contribution in [1.82, 2.24) is 5.32 Å². The molecule has 2 amide bonds. The predicted octanol–water partition coefficient (Wildman–Crippen LogP) is 2.65. The summed E-state index contributed by atoms with van der Waals surface area (Å²) in [6.07, 6.45) is -0.854. The Morgan fingerprint density at radius 2 is 2.23 bits per heavy atom. The van der Waals surface area contributed by atoms with E-state index in [0.717, 1.165) is 18.2 Å². The number of carbonyl (C=O) groups is 1. The maximum absolute atomic E-state index is 13.6.